The molecule has 1 aliphatic heterocycles. The lowest BCUT2D eigenvalue weighted by Crippen LogP contribution is -2.34. The molecule has 0 spiro atoms. The van der Waals surface area contributed by atoms with Crippen molar-refractivity contribution < 1.29 is 8.42 Å². The number of benzene rings is 1. The first-order chi connectivity index (χ1) is 9.43. The third-order valence-corrected chi connectivity index (χ3v) is 6.22. The Bertz CT molecular complexity index is 547. The number of hydrogen-bond acceptors (Lipinski definition) is 2. The summed E-state index contributed by atoms with van der Waals surface area (Å²) < 4.78 is 27.6. The van der Waals surface area contributed by atoms with Gasteiger partial charge in [0.15, 0.2) is 0 Å². The zero-order chi connectivity index (χ0) is 14.8. The summed E-state index contributed by atoms with van der Waals surface area (Å²) in [5, 5.41) is 0. The molecule has 0 N–H and O–H groups in total. The zero-order valence-corrected chi connectivity index (χ0v) is 13.6. The van der Waals surface area contributed by atoms with Crippen molar-refractivity contribution in [2.45, 2.75) is 57.8 Å². The van der Waals surface area contributed by atoms with Gasteiger partial charge in [0.2, 0.25) is 10.0 Å². The maximum Gasteiger partial charge on any atom is 0.243 e. The minimum Gasteiger partial charge on any atom is -0.207 e. The number of nitrogens with zero attached hydrogens (tertiary/aromatic N) is 1. The van der Waals surface area contributed by atoms with Crippen LogP contribution in [0, 0.1) is 20.8 Å². The van der Waals surface area contributed by atoms with Gasteiger partial charge >= 0.3 is 0 Å². The Kier molecular flexibility index (Phi) is 4.86. The summed E-state index contributed by atoms with van der Waals surface area (Å²) in [5.74, 6) is 0. The van der Waals surface area contributed by atoms with Gasteiger partial charge < -0.3 is 0 Å². The summed E-state index contributed by atoms with van der Waals surface area (Å²) in [5.41, 5.74) is 2.85. The fourth-order valence-electron chi connectivity index (χ4n) is 3.16. The number of sulfonamides is 1. The molecule has 1 aliphatic rings. The maximum atomic E-state index is 12.9. The average molecular weight is 295 g/mol. The molecule has 0 atom stereocenters. The van der Waals surface area contributed by atoms with Crippen LogP contribution < -0.4 is 0 Å². The fourth-order valence-corrected chi connectivity index (χ4v) is 5.09. The van der Waals surface area contributed by atoms with Crippen LogP contribution in [0.15, 0.2) is 17.0 Å². The van der Waals surface area contributed by atoms with Crippen molar-refractivity contribution >= 4 is 10.0 Å². The molecular weight excluding hydrogens is 270 g/mol. The molecule has 0 aromatic heterocycles. The van der Waals surface area contributed by atoms with Crippen LogP contribution >= 0.6 is 0 Å². The molecule has 0 radical (unpaired) electrons. The van der Waals surface area contributed by atoms with Crippen LogP contribution in [0.1, 0.15) is 48.8 Å². The Morgan fingerprint density at radius 2 is 1.30 bits per heavy atom. The molecule has 1 heterocycles. The molecule has 4 heteroatoms. The van der Waals surface area contributed by atoms with Crippen LogP contribution in [-0.4, -0.2) is 25.8 Å². The van der Waals surface area contributed by atoms with Gasteiger partial charge in [-0.25, -0.2) is 8.42 Å². The van der Waals surface area contributed by atoms with Crippen LogP contribution in [0.2, 0.25) is 0 Å². The topological polar surface area (TPSA) is 37.4 Å². The lowest BCUT2D eigenvalue weighted by Gasteiger charge is -2.26. The molecule has 3 nitrogen and oxygen atoms in total. The summed E-state index contributed by atoms with van der Waals surface area (Å²) in [7, 11) is -3.35. The monoisotopic (exact) mass is 295 g/mol. The van der Waals surface area contributed by atoms with E-state index in [4.69, 9.17) is 0 Å². The molecule has 0 aliphatic carbocycles. The molecule has 1 saturated heterocycles. The highest BCUT2D eigenvalue weighted by molar-refractivity contribution is 7.89. The zero-order valence-electron chi connectivity index (χ0n) is 12.8. The van der Waals surface area contributed by atoms with E-state index in [0.29, 0.717) is 18.0 Å². The van der Waals surface area contributed by atoms with E-state index in [2.05, 4.69) is 0 Å². The van der Waals surface area contributed by atoms with Crippen molar-refractivity contribution in [3.63, 3.8) is 0 Å². The van der Waals surface area contributed by atoms with Crippen molar-refractivity contribution in [1.82, 2.24) is 4.31 Å². The van der Waals surface area contributed by atoms with Crippen molar-refractivity contribution in [1.29, 1.82) is 0 Å². The fraction of sp³-hybridized carbons (Fsp3) is 0.625. The van der Waals surface area contributed by atoms with Gasteiger partial charge in [0.05, 0.1) is 4.90 Å². The first kappa shape index (κ1) is 15.5. The number of hydrogen-bond donors (Lipinski definition) is 0. The van der Waals surface area contributed by atoms with Gasteiger partial charge in [-0.2, -0.15) is 4.31 Å². The van der Waals surface area contributed by atoms with Crippen molar-refractivity contribution in [2.75, 3.05) is 13.1 Å². The van der Waals surface area contributed by atoms with E-state index in [1.165, 1.54) is 6.42 Å². The highest BCUT2D eigenvalue weighted by atomic mass is 32.2. The van der Waals surface area contributed by atoms with E-state index < -0.39 is 10.0 Å². The largest absolute Gasteiger partial charge is 0.243 e. The van der Waals surface area contributed by atoms with E-state index in [0.717, 1.165) is 42.4 Å². The standard InChI is InChI=1S/C16H25NO2S/c1-13-11-14(2)16(15(3)12-13)20(18,19)17-9-7-5-4-6-8-10-17/h11-12H,4-10H2,1-3H3. The Morgan fingerprint density at radius 3 is 1.80 bits per heavy atom. The van der Waals surface area contributed by atoms with Gasteiger partial charge in [-0.1, -0.05) is 37.0 Å². The lowest BCUT2D eigenvalue weighted by atomic mass is 10.1. The second kappa shape index (κ2) is 6.27. The molecule has 112 valence electrons. The molecule has 0 unspecified atom stereocenters. The van der Waals surface area contributed by atoms with Crippen LogP contribution in [0.4, 0.5) is 0 Å². The molecule has 0 bridgehead atoms. The first-order valence-electron chi connectivity index (χ1n) is 7.51. The van der Waals surface area contributed by atoms with Crippen LogP contribution in [0.3, 0.4) is 0 Å². The maximum absolute atomic E-state index is 12.9. The van der Waals surface area contributed by atoms with Crippen LogP contribution in [0.5, 0.6) is 0 Å². The van der Waals surface area contributed by atoms with Gasteiger partial charge in [-0.05, 0) is 44.7 Å². The van der Waals surface area contributed by atoms with Crippen LogP contribution in [0.25, 0.3) is 0 Å². The van der Waals surface area contributed by atoms with Gasteiger partial charge in [0.1, 0.15) is 0 Å². The normalized spacial score (nSPS) is 18.6. The van der Waals surface area contributed by atoms with Gasteiger partial charge in [0, 0.05) is 13.1 Å². The number of rotatable bonds is 2. The average Bonchev–Trinajstić information content (AvgIpc) is 2.25. The molecule has 1 fully saturated rings. The predicted octanol–water partition coefficient (Wildman–Crippen LogP) is 3.57. The molecule has 20 heavy (non-hydrogen) atoms. The molecule has 0 saturated carbocycles. The highest BCUT2D eigenvalue weighted by Crippen LogP contribution is 2.26. The second-order valence-electron chi connectivity index (χ2n) is 5.90. The third-order valence-electron chi connectivity index (χ3n) is 4.02. The van der Waals surface area contributed by atoms with E-state index in [9.17, 15) is 8.42 Å². The molecule has 1 aromatic carbocycles. The van der Waals surface area contributed by atoms with E-state index >= 15 is 0 Å². The third kappa shape index (κ3) is 3.23. The molecule has 2 rings (SSSR count). The first-order valence-corrected chi connectivity index (χ1v) is 8.95. The van der Waals surface area contributed by atoms with Gasteiger partial charge in [-0.15, -0.1) is 0 Å². The predicted molar refractivity (Wildman–Crippen MR) is 82.5 cm³/mol. The minimum atomic E-state index is -3.35. The van der Waals surface area contributed by atoms with Crippen molar-refractivity contribution in [3.05, 3.63) is 28.8 Å². The minimum absolute atomic E-state index is 0.517. The summed E-state index contributed by atoms with van der Waals surface area (Å²) in [6.45, 7) is 7.13. The summed E-state index contributed by atoms with van der Waals surface area (Å²) in [6, 6.07) is 3.92. The van der Waals surface area contributed by atoms with E-state index in [-0.39, 0.29) is 0 Å². The van der Waals surface area contributed by atoms with Crippen molar-refractivity contribution in [2.24, 2.45) is 0 Å². The molecule has 0 amide bonds. The summed E-state index contributed by atoms with van der Waals surface area (Å²) >= 11 is 0. The molecular formula is C16H25NO2S. The lowest BCUT2D eigenvalue weighted by molar-refractivity contribution is 0.364. The Balaban J connectivity index is 2.38. The van der Waals surface area contributed by atoms with E-state index in [1.807, 2.05) is 32.9 Å². The quantitative estimate of drug-likeness (QED) is 0.836. The van der Waals surface area contributed by atoms with Gasteiger partial charge in [-0.3, -0.25) is 0 Å². The Labute approximate surface area is 123 Å². The SMILES string of the molecule is Cc1cc(C)c(S(=O)(=O)N2CCCCCCC2)c(C)c1. The summed E-state index contributed by atoms with van der Waals surface area (Å²) in [4.78, 5) is 0.517. The smallest absolute Gasteiger partial charge is 0.207 e. The van der Waals surface area contributed by atoms with Crippen LogP contribution in [-0.2, 0) is 10.0 Å². The Morgan fingerprint density at radius 1 is 0.850 bits per heavy atom. The summed E-state index contributed by atoms with van der Waals surface area (Å²) in [6.07, 6.45) is 5.46. The highest BCUT2D eigenvalue weighted by Gasteiger charge is 2.27. The van der Waals surface area contributed by atoms with Crippen molar-refractivity contribution in [3.8, 4) is 0 Å². The van der Waals surface area contributed by atoms with Gasteiger partial charge in [0.25, 0.3) is 0 Å². The molecule has 1 aromatic rings. The number of aryl methyl sites for hydroxylation is 3. The van der Waals surface area contributed by atoms with E-state index in [1.54, 1.807) is 4.31 Å². The second-order valence-corrected chi connectivity index (χ2v) is 7.77. The Hall–Kier alpha value is -0.870.